The number of nitrogens with zero attached hydrogens (tertiary/aromatic N) is 2. The lowest BCUT2D eigenvalue weighted by molar-refractivity contribution is -0.380. The molecule has 0 radical (unpaired) electrons. The lowest BCUT2D eigenvalue weighted by atomic mass is 10.2. The molecule has 1 amide bonds. The molecular weight excluding hydrogens is 306 g/mol. The first-order chi connectivity index (χ1) is 10.5. The van der Waals surface area contributed by atoms with Gasteiger partial charge in [0.15, 0.2) is 0 Å². The van der Waals surface area contributed by atoms with Crippen LogP contribution in [-0.4, -0.2) is 21.9 Å². The van der Waals surface area contributed by atoms with E-state index in [-0.39, 0.29) is 29.6 Å². The van der Waals surface area contributed by atoms with Crippen molar-refractivity contribution in [2.75, 3.05) is 6.54 Å². The average Bonchev–Trinajstić information content (AvgIpc) is 2.96. The van der Waals surface area contributed by atoms with Gasteiger partial charge in [-0.2, -0.15) is 0 Å². The van der Waals surface area contributed by atoms with E-state index in [2.05, 4.69) is 11.2 Å². The van der Waals surface area contributed by atoms with Gasteiger partial charge in [-0.05, 0) is 11.6 Å². The van der Waals surface area contributed by atoms with Crippen LogP contribution in [-0.2, 0) is 6.54 Å². The molecule has 2 heterocycles. The molecule has 2 aromatic heterocycles. The highest BCUT2D eigenvalue weighted by molar-refractivity contribution is 7.13. The molecule has 2 rings (SSSR count). The van der Waals surface area contributed by atoms with Gasteiger partial charge >= 0.3 is 5.00 Å². The van der Waals surface area contributed by atoms with Crippen LogP contribution in [0.3, 0.4) is 0 Å². The number of rotatable bonds is 5. The van der Waals surface area contributed by atoms with Crippen molar-refractivity contribution in [3.8, 4) is 12.3 Å². The summed E-state index contributed by atoms with van der Waals surface area (Å²) in [6.45, 7) is 0.244. The maximum Gasteiger partial charge on any atom is 0.324 e. The van der Waals surface area contributed by atoms with Gasteiger partial charge in [-0.3, -0.25) is 19.7 Å². The Morgan fingerprint density at radius 1 is 1.50 bits per heavy atom. The zero-order valence-corrected chi connectivity index (χ0v) is 12.1. The summed E-state index contributed by atoms with van der Waals surface area (Å²) in [6.07, 6.45) is 6.46. The van der Waals surface area contributed by atoms with Crippen LogP contribution >= 0.6 is 11.3 Å². The normalized spacial score (nSPS) is 9.95. The number of terminal acetylenes is 1. The van der Waals surface area contributed by atoms with Crippen molar-refractivity contribution in [1.82, 2.24) is 9.88 Å². The molecule has 0 aliphatic heterocycles. The molecule has 0 unspecified atom stereocenters. The minimum Gasteiger partial charge on any atom is -0.341 e. The van der Waals surface area contributed by atoms with Gasteiger partial charge in [-0.25, -0.2) is 0 Å². The van der Waals surface area contributed by atoms with Crippen molar-refractivity contribution in [2.45, 2.75) is 6.54 Å². The predicted octanol–water partition coefficient (Wildman–Crippen LogP) is 1.23. The Kier molecular flexibility index (Phi) is 4.70. The van der Waals surface area contributed by atoms with Gasteiger partial charge in [0, 0.05) is 23.7 Å². The maximum absolute atomic E-state index is 11.8. The molecule has 1 N–H and O–H groups in total. The van der Waals surface area contributed by atoms with Gasteiger partial charge in [0.05, 0.1) is 23.6 Å². The van der Waals surface area contributed by atoms with Gasteiger partial charge in [0.1, 0.15) is 0 Å². The molecule has 0 aromatic carbocycles. The average molecular weight is 317 g/mol. The maximum atomic E-state index is 11.8. The van der Waals surface area contributed by atoms with Gasteiger partial charge in [0.2, 0.25) is 0 Å². The van der Waals surface area contributed by atoms with Gasteiger partial charge < -0.3 is 9.88 Å². The summed E-state index contributed by atoms with van der Waals surface area (Å²) >= 11 is 0.988. The van der Waals surface area contributed by atoms with E-state index < -0.39 is 4.92 Å². The Labute approximate surface area is 129 Å². The summed E-state index contributed by atoms with van der Waals surface area (Å²) in [5, 5.41) is 14.8. The number of pyridine rings is 1. The third-order valence-electron chi connectivity index (χ3n) is 2.77. The fraction of sp³-hybridized carbons (Fsp3) is 0.143. The highest BCUT2D eigenvalue weighted by Crippen LogP contribution is 2.22. The van der Waals surface area contributed by atoms with E-state index >= 15 is 0 Å². The van der Waals surface area contributed by atoms with Crippen LogP contribution in [0.5, 0.6) is 0 Å². The van der Waals surface area contributed by atoms with Crippen LogP contribution in [0.4, 0.5) is 5.00 Å². The van der Waals surface area contributed by atoms with E-state index in [9.17, 15) is 19.7 Å². The lowest BCUT2D eigenvalue weighted by Crippen LogP contribution is -2.27. The Hall–Kier alpha value is -2.92. The van der Waals surface area contributed by atoms with E-state index in [4.69, 9.17) is 6.42 Å². The van der Waals surface area contributed by atoms with Crippen LogP contribution in [0.2, 0.25) is 0 Å². The summed E-state index contributed by atoms with van der Waals surface area (Å²) in [6, 6.07) is 4.08. The molecule has 0 aliphatic rings. The van der Waals surface area contributed by atoms with E-state index in [0.717, 1.165) is 11.3 Å². The number of carbonyl (C=O) groups is 1. The van der Waals surface area contributed by atoms with Crippen LogP contribution in [0.15, 0.2) is 34.6 Å². The summed E-state index contributed by atoms with van der Waals surface area (Å²) in [7, 11) is 0. The SMILES string of the molecule is C#CCNC(=O)c1ccc(=O)n(Cc2csc([N+](=O)[O-])c2)c1. The fourth-order valence-electron chi connectivity index (χ4n) is 1.76. The number of carbonyl (C=O) groups excluding carboxylic acids is 1. The molecule has 0 saturated heterocycles. The molecule has 0 spiro atoms. The van der Waals surface area contributed by atoms with Crippen molar-refractivity contribution in [3.63, 3.8) is 0 Å². The fourth-order valence-corrected chi connectivity index (χ4v) is 2.48. The van der Waals surface area contributed by atoms with E-state index in [0.29, 0.717) is 11.1 Å². The Morgan fingerprint density at radius 3 is 2.91 bits per heavy atom. The number of thiophene rings is 1. The molecule has 2 aromatic rings. The molecule has 8 heteroatoms. The van der Waals surface area contributed by atoms with Crippen molar-refractivity contribution in [2.24, 2.45) is 0 Å². The molecule has 0 aliphatic carbocycles. The first-order valence-corrected chi connectivity index (χ1v) is 7.03. The largest absolute Gasteiger partial charge is 0.341 e. The van der Waals surface area contributed by atoms with Gasteiger partial charge in [-0.15, -0.1) is 6.42 Å². The zero-order valence-electron chi connectivity index (χ0n) is 11.3. The quantitative estimate of drug-likeness (QED) is 0.510. The van der Waals surface area contributed by atoms with Crippen molar-refractivity contribution >= 4 is 22.2 Å². The van der Waals surface area contributed by atoms with Crippen LogP contribution in [0.1, 0.15) is 15.9 Å². The third-order valence-corrected chi connectivity index (χ3v) is 3.70. The summed E-state index contributed by atoms with van der Waals surface area (Å²) in [5.74, 6) is 1.90. The monoisotopic (exact) mass is 317 g/mol. The van der Waals surface area contributed by atoms with E-state index in [1.807, 2.05) is 0 Å². The second-order valence-corrected chi connectivity index (χ2v) is 5.21. The smallest absolute Gasteiger partial charge is 0.324 e. The van der Waals surface area contributed by atoms with Gasteiger partial charge in [-0.1, -0.05) is 17.3 Å². The third kappa shape index (κ3) is 3.59. The van der Waals surface area contributed by atoms with Gasteiger partial charge in [0.25, 0.3) is 11.5 Å². The number of hydrogen-bond donors (Lipinski definition) is 1. The number of amides is 1. The topological polar surface area (TPSA) is 94.2 Å². The molecular formula is C14H11N3O4S. The Morgan fingerprint density at radius 2 is 2.27 bits per heavy atom. The number of nitrogens with one attached hydrogen (secondary N) is 1. The molecule has 7 nitrogen and oxygen atoms in total. The number of aromatic nitrogens is 1. The van der Waals surface area contributed by atoms with Crippen LogP contribution in [0, 0.1) is 22.5 Å². The molecule has 0 atom stereocenters. The minimum absolute atomic E-state index is 0.00552. The van der Waals surface area contributed by atoms with Crippen molar-refractivity contribution in [1.29, 1.82) is 0 Å². The molecule has 0 bridgehead atoms. The highest BCUT2D eigenvalue weighted by Gasteiger charge is 2.11. The number of hydrogen-bond acceptors (Lipinski definition) is 5. The van der Waals surface area contributed by atoms with E-state index in [1.54, 1.807) is 5.38 Å². The second-order valence-electron chi connectivity index (χ2n) is 4.32. The highest BCUT2D eigenvalue weighted by atomic mass is 32.1. The standard InChI is InChI=1S/C14H11N3O4S/c1-2-5-15-14(19)11-3-4-12(18)16(8-11)7-10-6-13(17(20)21)22-9-10/h1,3-4,6,8-9H,5,7H2,(H,15,19). The predicted molar refractivity (Wildman–Crippen MR) is 81.9 cm³/mol. The second kappa shape index (κ2) is 6.69. The summed E-state index contributed by atoms with van der Waals surface area (Å²) in [4.78, 5) is 33.8. The summed E-state index contributed by atoms with van der Waals surface area (Å²) < 4.78 is 1.32. The zero-order chi connectivity index (χ0) is 16.1. The number of nitro groups is 1. The first-order valence-electron chi connectivity index (χ1n) is 6.15. The van der Waals surface area contributed by atoms with Crippen molar-refractivity contribution in [3.05, 3.63) is 61.4 Å². The molecule has 22 heavy (non-hydrogen) atoms. The first kappa shape index (κ1) is 15.5. The molecule has 0 fully saturated rings. The lowest BCUT2D eigenvalue weighted by Gasteiger charge is -2.07. The van der Waals surface area contributed by atoms with Crippen molar-refractivity contribution < 1.29 is 9.72 Å². The van der Waals surface area contributed by atoms with E-state index in [1.165, 1.54) is 29.0 Å². The molecule has 112 valence electrons. The van der Waals surface area contributed by atoms with Crippen LogP contribution < -0.4 is 10.9 Å². The molecule has 0 saturated carbocycles. The Balaban J connectivity index is 2.23. The Bertz CT molecular complexity index is 816. The van der Waals surface area contributed by atoms with Crippen LogP contribution in [0.25, 0.3) is 0 Å². The minimum atomic E-state index is -0.485. The summed E-state index contributed by atoms with van der Waals surface area (Å²) in [5.41, 5.74) is 0.613.